The number of hydrogen-bond donors (Lipinski definition) is 1. The molecule has 0 spiro atoms. The van der Waals surface area contributed by atoms with Crippen molar-refractivity contribution in [2.24, 2.45) is 17.3 Å². The highest BCUT2D eigenvalue weighted by Gasteiger charge is 2.59. The number of amides is 1. The van der Waals surface area contributed by atoms with Crippen LogP contribution >= 0.6 is 31.9 Å². The Morgan fingerprint density at radius 2 is 2.00 bits per heavy atom. The molecule has 25 heavy (non-hydrogen) atoms. The topological polar surface area (TPSA) is 46.4 Å². The van der Waals surface area contributed by atoms with Gasteiger partial charge in [-0.05, 0) is 78.4 Å². The number of alkyl halides is 1. The van der Waals surface area contributed by atoms with E-state index in [-0.39, 0.29) is 15.6 Å². The summed E-state index contributed by atoms with van der Waals surface area (Å²) in [5.74, 6) is 1.68. The summed E-state index contributed by atoms with van der Waals surface area (Å²) in [6, 6.07) is 3.96. The molecule has 0 radical (unpaired) electrons. The summed E-state index contributed by atoms with van der Waals surface area (Å²) in [6.07, 6.45) is 10.9. The molecule has 0 saturated heterocycles. The number of imidazole rings is 1. The van der Waals surface area contributed by atoms with Crippen LogP contribution in [-0.2, 0) is 11.3 Å². The maximum atomic E-state index is 13.1. The van der Waals surface area contributed by atoms with Gasteiger partial charge in [-0.25, -0.2) is 4.98 Å². The monoisotopic (exact) mass is 465 g/mol. The minimum absolute atomic E-state index is 0.157. The lowest BCUT2D eigenvalue weighted by Crippen LogP contribution is -2.58. The number of aromatic nitrogens is 2. The van der Waals surface area contributed by atoms with Crippen LogP contribution in [0.25, 0.3) is 5.65 Å². The van der Waals surface area contributed by atoms with Crippen LogP contribution in [-0.4, -0.2) is 19.6 Å². The normalized spacial score (nSPS) is 36.1. The van der Waals surface area contributed by atoms with Crippen molar-refractivity contribution >= 4 is 43.4 Å². The summed E-state index contributed by atoms with van der Waals surface area (Å²) in [7, 11) is 0. The van der Waals surface area contributed by atoms with Gasteiger partial charge in [-0.3, -0.25) is 4.79 Å². The Hall–Kier alpha value is -0.880. The molecule has 2 atom stereocenters. The van der Waals surface area contributed by atoms with Crippen LogP contribution < -0.4 is 5.32 Å². The number of pyridine rings is 1. The van der Waals surface area contributed by atoms with Gasteiger partial charge in [0.1, 0.15) is 5.65 Å². The molecule has 6 heteroatoms. The number of fused-ring (bicyclic) bond motifs is 1. The Morgan fingerprint density at radius 1 is 1.24 bits per heavy atom. The van der Waals surface area contributed by atoms with Gasteiger partial charge in [0.25, 0.3) is 0 Å². The largest absolute Gasteiger partial charge is 0.350 e. The first kappa shape index (κ1) is 16.3. The van der Waals surface area contributed by atoms with Gasteiger partial charge in [0.2, 0.25) is 5.91 Å². The highest BCUT2D eigenvalue weighted by molar-refractivity contribution is 9.10. The predicted molar refractivity (Wildman–Crippen MR) is 104 cm³/mol. The van der Waals surface area contributed by atoms with Crippen LogP contribution in [0.4, 0.5) is 0 Å². The predicted octanol–water partition coefficient (Wildman–Crippen LogP) is 4.45. The molecular weight excluding hydrogens is 446 g/mol. The maximum absolute atomic E-state index is 13.1. The van der Waals surface area contributed by atoms with E-state index in [1.165, 1.54) is 19.3 Å². The third-order valence-electron chi connectivity index (χ3n) is 6.37. The summed E-state index contributed by atoms with van der Waals surface area (Å²) < 4.78 is 3.22. The lowest BCUT2D eigenvalue weighted by Gasteiger charge is -2.59. The molecule has 4 fully saturated rings. The van der Waals surface area contributed by atoms with Crippen molar-refractivity contribution < 1.29 is 4.79 Å². The number of carbonyl (C=O) groups is 1. The summed E-state index contributed by atoms with van der Waals surface area (Å²) >= 11 is 7.46. The summed E-state index contributed by atoms with van der Waals surface area (Å²) in [6.45, 7) is 0.504. The first-order valence-corrected chi connectivity index (χ1v) is 10.6. The van der Waals surface area contributed by atoms with Gasteiger partial charge in [0.15, 0.2) is 0 Å². The van der Waals surface area contributed by atoms with E-state index in [2.05, 4.69) is 42.2 Å². The molecule has 6 rings (SSSR count). The van der Waals surface area contributed by atoms with Crippen LogP contribution in [0.1, 0.15) is 44.2 Å². The molecule has 4 aliphatic rings. The fourth-order valence-electron chi connectivity index (χ4n) is 5.88. The third-order valence-corrected chi connectivity index (χ3v) is 7.76. The third kappa shape index (κ3) is 2.76. The molecule has 2 unspecified atom stereocenters. The second-order valence-corrected chi connectivity index (χ2v) is 11.0. The fourth-order valence-corrected chi connectivity index (χ4v) is 7.68. The van der Waals surface area contributed by atoms with Crippen molar-refractivity contribution in [3.63, 3.8) is 0 Å². The Morgan fingerprint density at radius 3 is 2.72 bits per heavy atom. The molecule has 132 valence electrons. The molecule has 2 aromatic rings. The van der Waals surface area contributed by atoms with Crippen molar-refractivity contribution in [1.29, 1.82) is 0 Å². The van der Waals surface area contributed by atoms with Gasteiger partial charge in [-0.1, -0.05) is 15.9 Å². The number of nitrogens with zero attached hydrogens (tertiary/aromatic N) is 2. The first-order chi connectivity index (χ1) is 11.9. The molecule has 2 aromatic heterocycles. The van der Waals surface area contributed by atoms with Crippen LogP contribution in [0.15, 0.2) is 29.0 Å². The van der Waals surface area contributed by atoms with E-state index in [0.717, 1.165) is 46.9 Å². The molecule has 4 nitrogen and oxygen atoms in total. The molecule has 4 saturated carbocycles. The van der Waals surface area contributed by atoms with Crippen molar-refractivity contribution in [2.75, 3.05) is 0 Å². The van der Waals surface area contributed by atoms with E-state index in [9.17, 15) is 4.79 Å². The summed E-state index contributed by atoms with van der Waals surface area (Å²) in [5, 5.41) is 3.20. The molecule has 1 amide bonds. The van der Waals surface area contributed by atoms with Crippen molar-refractivity contribution in [3.05, 3.63) is 34.7 Å². The fraction of sp³-hybridized carbons (Fsp3) is 0.579. The zero-order chi connectivity index (χ0) is 17.2. The van der Waals surface area contributed by atoms with E-state index in [1.807, 2.05) is 28.9 Å². The Bertz CT molecular complexity index is 847. The number of hydrogen-bond acceptors (Lipinski definition) is 2. The van der Waals surface area contributed by atoms with Gasteiger partial charge in [-0.15, -0.1) is 0 Å². The van der Waals surface area contributed by atoms with E-state index in [1.54, 1.807) is 0 Å². The van der Waals surface area contributed by atoms with Gasteiger partial charge in [0, 0.05) is 21.2 Å². The lowest BCUT2D eigenvalue weighted by molar-refractivity contribution is -0.144. The maximum Gasteiger partial charge on any atom is 0.226 e. The number of carbonyl (C=O) groups excluding carboxylic acids is 1. The average Bonchev–Trinajstić information content (AvgIpc) is 2.92. The van der Waals surface area contributed by atoms with Gasteiger partial charge >= 0.3 is 0 Å². The molecule has 2 heterocycles. The molecule has 0 aliphatic heterocycles. The van der Waals surface area contributed by atoms with Crippen LogP contribution in [0.3, 0.4) is 0 Å². The van der Waals surface area contributed by atoms with Crippen molar-refractivity contribution in [3.8, 4) is 0 Å². The van der Waals surface area contributed by atoms with Crippen molar-refractivity contribution in [2.45, 2.75) is 49.4 Å². The van der Waals surface area contributed by atoms with E-state index >= 15 is 0 Å². The minimum atomic E-state index is -0.157. The standard InChI is InChI=1S/C19H21Br2N3O/c20-14-1-2-16-23-15(10-24(16)9-14)8-22-17(25)18-4-12-3-13(5-18)7-19(21,6-12)11-18/h1-2,9-10,12-13H,3-8,11H2,(H,22,25). The van der Waals surface area contributed by atoms with E-state index < -0.39 is 0 Å². The van der Waals surface area contributed by atoms with Crippen LogP contribution in [0.5, 0.6) is 0 Å². The Labute approximate surface area is 164 Å². The second-order valence-electron chi connectivity index (χ2n) is 8.42. The number of halogens is 2. The zero-order valence-corrected chi connectivity index (χ0v) is 17.1. The van der Waals surface area contributed by atoms with Gasteiger partial charge < -0.3 is 9.72 Å². The zero-order valence-electron chi connectivity index (χ0n) is 14.0. The minimum Gasteiger partial charge on any atom is -0.350 e. The SMILES string of the molecule is O=C(NCc1cn2cc(Br)ccc2n1)C12CC3CC(CC(Br)(C3)C1)C2. The molecule has 4 aliphatic carbocycles. The van der Waals surface area contributed by atoms with Crippen LogP contribution in [0.2, 0.25) is 0 Å². The summed E-state index contributed by atoms with van der Waals surface area (Å²) in [4.78, 5) is 17.7. The van der Waals surface area contributed by atoms with E-state index in [4.69, 9.17) is 0 Å². The summed E-state index contributed by atoms with van der Waals surface area (Å²) in [5.41, 5.74) is 1.65. The van der Waals surface area contributed by atoms with Gasteiger partial charge in [0.05, 0.1) is 17.7 Å². The average molecular weight is 467 g/mol. The Balaban J connectivity index is 1.33. The number of rotatable bonds is 3. The second kappa shape index (κ2) is 5.56. The number of nitrogens with one attached hydrogen (secondary N) is 1. The molecule has 1 N–H and O–H groups in total. The Kier molecular flexibility index (Phi) is 3.62. The first-order valence-electron chi connectivity index (χ1n) is 9.04. The molecular formula is C19H21Br2N3O. The quantitative estimate of drug-likeness (QED) is 0.679. The lowest BCUT2D eigenvalue weighted by atomic mass is 9.49. The molecule has 0 aromatic carbocycles. The highest BCUT2D eigenvalue weighted by atomic mass is 79.9. The smallest absolute Gasteiger partial charge is 0.226 e. The van der Waals surface area contributed by atoms with Gasteiger partial charge in [-0.2, -0.15) is 0 Å². The van der Waals surface area contributed by atoms with E-state index in [0.29, 0.717) is 6.54 Å². The van der Waals surface area contributed by atoms with Crippen LogP contribution in [0, 0.1) is 17.3 Å². The van der Waals surface area contributed by atoms with Crippen molar-refractivity contribution in [1.82, 2.24) is 14.7 Å². The molecule has 4 bridgehead atoms. The highest BCUT2D eigenvalue weighted by Crippen LogP contribution is 2.64.